The number of nitrogens with zero attached hydrogens (tertiary/aromatic N) is 4. The molecule has 0 radical (unpaired) electrons. The molecule has 0 spiro atoms. The van der Waals surface area contributed by atoms with Gasteiger partial charge in [0.15, 0.2) is 12.4 Å². The van der Waals surface area contributed by atoms with E-state index in [9.17, 15) is 9.59 Å². The van der Waals surface area contributed by atoms with Crippen molar-refractivity contribution in [1.29, 1.82) is 0 Å². The maximum Gasteiger partial charge on any atom is 0.349 e. The summed E-state index contributed by atoms with van der Waals surface area (Å²) in [6.45, 7) is 10.1. The van der Waals surface area contributed by atoms with E-state index in [1.165, 1.54) is 11.3 Å². The number of esters is 1. The number of rotatable bonds is 7. The normalized spacial score (nSPS) is 11.4. The Morgan fingerprint density at radius 3 is 2.73 bits per heavy atom. The fraction of sp³-hybridized carbons (Fsp3) is 0.588. The van der Waals surface area contributed by atoms with Gasteiger partial charge >= 0.3 is 5.97 Å². The summed E-state index contributed by atoms with van der Waals surface area (Å²) in [6.07, 6.45) is 1.98. The Morgan fingerprint density at radius 2 is 2.08 bits per heavy atom. The number of hydrogen-bond donors (Lipinski definition) is 1. The number of nitrogens with one attached hydrogen (secondary N) is 1. The van der Waals surface area contributed by atoms with E-state index >= 15 is 0 Å². The van der Waals surface area contributed by atoms with Crippen molar-refractivity contribution in [3.63, 3.8) is 0 Å². The second-order valence-electron chi connectivity index (χ2n) is 7.07. The molecular weight excluding hydrogens is 354 g/mol. The molecule has 1 N–H and O–H groups in total. The van der Waals surface area contributed by atoms with Gasteiger partial charge in [-0.3, -0.25) is 4.79 Å². The zero-order valence-electron chi connectivity index (χ0n) is 15.8. The second kappa shape index (κ2) is 8.39. The van der Waals surface area contributed by atoms with Crippen LogP contribution in [-0.4, -0.2) is 32.1 Å². The Bertz CT molecular complexity index is 776. The number of hydrogen-bond acceptors (Lipinski definition) is 7. The second-order valence-corrected chi connectivity index (χ2v) is 8.13. The maximum absolute atomic E-state index is 12.4. The summed E-state index contributed by atoms with van der Waals surface area (Å²) < 4.78 is 7.00. The molecule has 0 saturated carbocycles. The molecule has 0 atom stereocenters. The number of ether oxygens (including phenoxy) is 1. The number of aryl methyl sites for hydroxylation is 2. The standard InChI is InChI=1S/C17H25N5O3S/c1-6-7-8-22-12(19-20-21-22)10-25-15(23)14-11(2)9-13(26-14)18-16(24)17(3,4)5/h9H,6-8,10H2,1-5H3,(H,18,24). The summed E-state index contributed by atoms with van der Waals surface area (Å²) in [7, 11) is 0. The third kappa shape index (κ3) is 5.10. The van der Waals surface area contributed by atoms with Crippen LogP contribution >= 0.6 is 11.3 Å². The van der Waals surface area contributed by atoms with E-state index in [2.05, 4.69) is 27.8 Å². The van der Waals surface area contributed by atoms with Crippen LogP contribution in [0.3, 0.4) is 0 Å². The molecule has 0 aliphatic heterocycles. The predicted molar refractivity (Wildman–Crippen MR) is 99.0 cm³/mol. The summed E-state index contributed by atoms with van der Waals surface area (Å²) in [5.41, 5.74) is 0.253. The number of amides is 1. The first-order valence-electron chi connectivity index (χ1n) is 8.56. The molecule has 0 unspecified atom stereocenters. The van der Waals surface area contributed by atoms with Crippen LogP contribution in [-0.2, 0) is 22.7 Å². The van der Waals surface area contributed by atoms with E-state index in [1.54, 1.807) is 10.7 Å². The van der Waals surface area contributed by atoms with Gasteiger partial charge in [0.1, 0.15) is 4.88 Å². The molecule has 9 heteroatoms. The van der Waals surface area contributed by atoms with Gasteiger partial charge in [-0.05, 0) is 35.4 Å². The highest BCUT2D eigenvalue weighted by molar-refractivity contribution is 7.18. The van der Waals surface area contributed by atoms with Crippen LogP contribution in [0.4, 0.5) is 5.00 Å². The quantitative estimate of drug-likeness (QED) is 0.742. The molecule has 26 heavy (non-hydrogen) atoms. The number of carbonyl (C=O) groups excluding carboxylic acids is 2. The lowest BCUT2D eigenvalue weighted by molar-refractivity contribution is -0.123. The van der Waals surface area contributed by atoms with Crippen LogP contribution in [0.25, 0.3) is 0 Å². The molecular formula is C17H25N5O3S. The average Bonchev–Trinajstić information content (AvgIpc) is 3.16. The lowest BCUT2D eigenvalue weighted by Crippen LogP contribution is -2.27. The van der Waals surface area contributed by atoms with Crippen molar-refractivity contribution in [2.75, 3.05) is 5.32 Å². The summed E-state index contributed by atoms with van der Waals surface area (Å²) in [5.74, 6) is -0.0372. The molecule has 0 bridgehead atoms. The Labute approximate surface area is 156 Å². The summed E-state index contributed by atoms with van der Waals surface area (Å²) in [4.78, 5) is 24.9. The van der Waals surface area contributed by atoms with Gasteiger partial charge in [0.05, 0.1) is 5.00 Å². The van der Waals surface area contributed by atoms with Gasteiger partial charge in [-0.25, -0.2) is 9.48 Å². The average molecular weight is 379 g/mol. The smallest absolute Gasteiger partial charge is 0.349 e. The highest BCUT2D eigenvalue weighted by Crippen LogP contribution is 2.29. The van der Waals surface area contributed by atoms with Gasteiger partial charge in [-0.15, -0.1) is 16.4 Å². The topological polar surface area (TPSA) is 99.0 Å². The van der Waals surface area contributed by atoms with E-state index < -0.39 is 11.4 Å². The Balaban J connectivity index is 2.00. The minimum Gasteiger partial charge on any atom is -0.453 e. The largest absolute Gasteiger partial charge is 0.453 e. The van der Waals surface area contributed by atoms with Gasteiger partial charge in [-0.2, -0.15) is 0 Å². The summed E-state index contributed by atoms with van der Waals surface area (Å²) in [6, 6.07) is 1.77. The maximum atomic E-state index is 12.4. The first kappa shape index (κ1) is 20.0. The monoisotopic (exact) mass is 379 g/mol. The van der Waals surface area contributed by atoms with Crippen molar-refractivity contribution in [1.82, 2.24) is 20.2 Å². The number of anilines is 1. The van der Waals surface area contributed by atoms with Gasteiger partial charge in [-0.1, -0.05) is 34.1 Å². The molecule has 0 aliphatic rings. The third-order valence-electron chi connectivity index (χ3n) is 3.68. The number of tetrazole rings is 1. The molecule has 1 amide bonds. The fourth-order valence-corrected chi connectivity index (χ4v) is 3.01. The lowest BCUT2D eigenvalue weighted by Gasteiger charge is -2.16. The van der Waals surface area contributed by atoms with E-state index in [1.807, 2.05) is 27.7 Å². The molecule has 2 rings (SSSR count). The van der Waals surface area contributed by atoms with Crippen molar-refractivity contribution in [2.24, 2.45) is 5.41 Å². The molecule has 0 fully saturated rings. The molecule has 2 aromatic rings. The van der Waals surface area contributed by atoms with Crippen LogP contribution < -0.4 is 5.32 Å². The molecule has 0 aromatic carbocycles. The Kier molecular flexibility index (Phi) is 6.47. The van der Waals surface area contributed by atoms with Gasteiger partial charge in [0, 0.05) is 12.0 Å². The molecule has 8 nitrogen and oxygen atoms in total. The van der Waals surface area contributed by atoms with Crippen LogP contribution in [0, 0.1) is 12.3 Å². The van der Waals surface area contributed by atoms with E-state index in [0.29, 0.717) is 22.2 Å². The van der Waals surface area contributed by atoms with Crippen molar-refractivity contribution in [3.05, 3.63) is 22.3 Å². The summed E-state index contributed by atoms with van der Waals surface area (Å²) in [5, 5.41) is 14.9. The summed E-state index contributed by atoms with van der Waals surface area (Å²) >= 11 is 1.20. The van der Waals surface area contributed by atoms with E-state index in [-0.39, 0.29) is 12.5 Å². The fourth-order valence-electron chi connectivity index (χ4n) is 2.05. The first-order chi connectivity index (χ1) is 12.2. The van der Waals surface area contributed by atoms with Gasteiger partial charge < -0.3 is 10.1 Å². The Morgan fingerprint density at radius 1 is 1.35 bits per heavy atom. The highest BCUT2D eigenvalue weighted by Gasteiger charge is 2.23. The van der Waals surface area contributed by atoms with Crippen LogP contribution in [0.2, 0.25) is 0 Å². The van der Waals surface area contributed by atoms with Gasteiger partial charge in [0.25, 0.3) is 0 Å². The minimum atomic E-state index is -0.506. The van der Waals surface area contributed by atoms with E-state index in [4.69, 9.17) is 4.74 Å². The number of aromatic nitrogens is 4. The minimum absolute atomic E-state index is 0.0105. The van der Waals surface area contributed by atoms with Crippen molar-refractivity contribution < 1.29 is 14.3 Å². The van der Waals surface area contributed by atoms with Crippen LogP contribution in [0.5, 0.6) is 0 Å². The van der Waals surface area contributed by atoms with Gasteiger partial charge in [0.2, 0.25) is 5.91 Å². The Hall–Kier alpha value is -2.29. The predicted octanol–water partition coefficient (Wildman–Crippen LogP) is 3.18. The van der Waals surface area contributed by atoms with Crippen LogP contribution in [0.1, 0.15) is 61.6 Å². The highest BCUT2D eigenvalue weighted by atomic mass is 32.1. The van der Waals surface area contributed by atoms with Crippen molar-refractivity contribution in [3.8, 4) is 0 Å². The zero-order valence-corrected chi connectivity index (χ0v) is 16.6. The molecule has 0 saturated heterocycles. The SMILES string of the molecule is CCCCn1nnnc1COC(=O)c1sc(NC(=O)C(C)(C)C)cc1C. The molecule has 2 aromatic heterocycles. The molecule has 142 valence electrons. The van der Waals surface area contributed by atoms with Crippen molar-refractivity contribution >= 4 is 28.2 Å². The van der Waals surface area contributed by atoms with Crippen molar-refractivity contribution in [2.45, 2.75) is 60.6 Å². The number of unbranched alkanes of at least 4 members (excludes halogenated alkanes) is 1. The van der Waals surface area contributed by atoms with E-state index in [0.717, 1.165) is 18.4 Å². The van der Waals surface area contributed by atoms with Crippen LogP contribution in [0.15, 0.2) is 6.07 Å². The number of thiophene rings is 1. The lowest BCUT2D eigenvalue weighted by atomic mass is 9.96. The molecule has 0 aliphatic carbocycles. The zero-order chi connectivity index (χ0) is 19.3. The first-order valence-corrected chi connectivity index (χ1v) is 9.38. The molecule has 2 heterocycles. The number of carbonyl (C=O) groups is 2. The third-order valence-corrected chi connectivity index (χ3v) is 4.82.